The minimum absolute atomic E-state index is 0.376. The van der Waals surface area contributed by atoms with Crippen LogP contribution in [0.4, 0.5) is 0 Å². The second-order valence-corrected chi connectivity index (χ2v) is 10.6. The summed E-state index contributed by atoms with van der Waals surface area (Å²) in [5.41, 5.74) is 14.4. The highest BCUT2D eigenvalue weighted by Crippen LogP contribution is 2.60. The molecule has 0 unspecified atom stereocenters. The van der Waals surface area contributed by atoms with Crippen molar-refractivity contribution in [2.75, 3.05) is 0 Å². The van der Waals surface area contributed by atoms with Crippen molar-refractivity contribution in [3.8, 4) is 33.8 Å². The van der Waals surface area contributed by atoms with Gasteiger partial charge in [0.05, 0.1) is 11.1 Å². The molecule has 1 spiro atoms. The zero-order valence-electron chi connectivity index (χ0n) is 21.7. The van der Waals surface area contributed by atoms with Crippen molar-refractivity contribution in [2.45, 2.75) is 18.8 Å². The molecule has 0 saturated carbocycles. The lowest BCUT2D eigenvalue weighted by atomic mass is 9.61. The molecule has 1 heterocycles. The predicted molar refractivity (Wildman–Crippen MR) is 158 cm³/mol. The van der Waals surface area contributed by atoms with Crippen molar-refractivity contribution in [3.05, 3.63) is 166 Å². The predicted octanol–water partition coefficient (Wildman–Crippen LogP) is 8.39. The van der Waals surface area contributed by atoms with Gasteiger partial charge in [-0.25, -0.2) is 9.97 Å². The first kappa shape index (κ1) is 22.2. The van der Waals surface area contributed by atoms with E-state index in [1.807, 2.05) is 6.07 Å². The Hall–Kier alpha value is -4.82. The largest absolute Gasteiger partial charge is 0.233 e. The van der Waals surface area contributed by atoms with Crippen LogP contribution in [0.25, 0.3) is 33.8 Å². The highest BCUT2D eigenvalue weighted by molar-refractivity contribution is 5.95. The molecule has 8 rings (SSSR count). The molecular weight excluding hydrogens is 472 g/mol. The first-order valence-corrected chi connectivity index (χ1v) is 13.6. The normalized spacial score (nSPS) is 13.9. The van der Waals surface area contributed by atoms with Gasteiger partial charge in [0.2, 0.25) is 0 Å². The topological polar surface area (TPSA) is 25.8 Å². The Labute approximate surface area is 228 Å². The summed E-state index contributed by atoms with van der Waals surface area (Å²) >= 11 is 0. The van der Waals surface area contributed by atoms with Gasteiger partial charge in [-0.1, -0.05) is 121 Å². The van der Waals surface area contributed by atoms with E-state index in [-0.39, 0.29) is 5.41 Å². The van der Waals surface area contributed by atoms with E-state index in [2.05, 4.69) is 128 Å². The molecule has 184 valence electrons. The van der Waals surface area contributed by atoms with Gasteiger partial charge in [0.25, 0.3) is 0 Å². The average molecular weight is 499 g/mol. The molecule has 0 radical (unpaired) electrons. The molecule has 2 heteroatoms. The van der Waals surface area contributed by atoms with Crippen LogP contribution in [-0.2, 0) is 11.8 Å². The molecule has 39 heavy (non-hydrogen) atoms. The quantitative estimate of drug-likeness (QED) is 0.239. The van der Waals surface area contributed by atoms with E-state index < -0.39 is 0 Å². The van der Waals surface area contributed by atoms with Gasteiger partial charge >= 0.3 is 0 Å². The average Bonchev–Trinajstić information content (AvgIpc) is 3.29. The molecule has 2 aliphatic rings. The van der Waals surface area contributed by atoms with Crippen molar-refractivity contribution in [1.29, 1.82) is 0 Å². The van der Waals surface area contributed by atoms with Gasteiger partial charge in [0, 0.05) is 16.8 Å². The van der Waals surface area contributed by atoms with E-state index in [9.17, 15) is 0 Å². The van der Waals surface area contributed by atoms with Crippen molar-refractivity contribution < 1.29 is 0 Å². The Balaban J connectivity index is 1.47. The zero-order chi connectivity index (χ0) is 26.0. The van der Waals surface area contributed by atoms with E-state index in [0.717, 1.165) is 34.8 Å². The van der Waals surface area contributed by atoms with E-state index in [4.69, 9.17) is 9.97 Å². The molecule has 0 amide bonds. The van der Waals surface area contributed by atoms with Gasteiger partial charge in [0.1, 0.15) is 0 Å². The Morgan fingerprint density at radius 2 is 1.13 bits per heavy atom. The summed E-state index contributed by atoms with van der Waals surface area (Å²) in [7, 11) is 0. The van der Waals surface area contributed by atoms with E-state index in [1.54, 1.807) is 0 Å². The number of hydrogen-bond acceptors (Lipinski definition) is 2. The van der Waals surface area contributed by atoms with Gasteiger partial charge < -0.3 is 0 Å². The second-order valence-electron chi connectivity index (χ2n) is 10.6. The summed E-state index contributed by atoms with van der Waals surface area (Å²) in [4.78, 5) is 10.1. The Morgan fingerprint density at radius 3 is 1.87 bits per heavy atom. The molecule has 0 atom stereocenters. The molecule has 0 bridgehead atoms. The Bertz CT molecular complexity index is 1860. The first-order chi connectivity index (χ1) is 19.2. The van der Waals surface area contributed by atoms with Crippen LogP contribution in [0.1, 0.15) is 39.1 Å². The number of benzene rings is 5. The Kier molecular flexibility index (Phi) is 4.75. The summed E-state index contributed by atoms with van der Waals surface area (Å²) in [5.74, 6) is 0.773. The SMILES string of the molecule is Cc1cc(-c2ccccc2)nc(-c2cccc3c2-c2ccccc2C32c3ccccc3Cc3ccccc32)n1. The molecule has 0 aliphatic heterocycles. The summed E-state index contributed by atoms with van der Waals surface area (Å²) in [6, 6.07) is 46.1. The van der Waals surface area contributed by atoms with Gasteiger partial charge in [-0.3, -0.25) is 0 Å². The van der Waals surface area contributed by atoms with E-state index >= 15 is 0 Å². The molecule has 1 aromatic heterocycles. The third kappa shape index (κ3) is 3.09. The third-order valence-electron chi connectivity index (χ3n) is 8.46. The highest BCUT2D eigenvalue weighted by Gasteiger charge is 2.50. The number of aromatic nitrogens is 2. The number of nitrogens with zero attached hydrogens (tertiary/aromatic N) is 2. The van der Waals surface area contributed by atoms with Crippen LogP contribution in [0.3, 0.4) is 0 Å². The minimum Gasteiger partial charge on any atom is -0.233 e. The van der Waals surface area contributed by atoms with E-state index in [0.29, 0.717) is 0 Å². The van der Waals surface area contributed by atoms with Crippen LogP contribution in [0, 0.1) is 6.92 Å². The van der Waals surface area contributed by atoms with Crippen molar-refractivity contribution in [2.24, 2.45) is 0 Å². The molecule has 2 nitrogen and oxygen atoms in total. The molecule has 0 N–H and O–H groups in total. The Morgan fingerprint density at radius 1 is 0.538 bits per heavy atom. The third-order valence-corrected chi connectivity index (χ3v) is 8.46. The van der Waals surface area contributed by atoms with Crippen molar-refractivity contribution in [3.63, 3.8) is 0 Å². The fourth-order valence-electron chi connectivity index (χ4n) is 6.97. The zero-order valence-corrected chi connectivity index (χ0v) is 21.7. The van der Waals surface area contributed by atoms with Crippen LogP contribution >= 0.6 is 0 Å². The summed E-state index contributed by atoms with van der Waals surface area (Å²) in [6.45, 7) is 2.06. The monoisotopic (exact) mass is 498 g/mol. The second kappa shape index (κ2) is 8.34. The van der Waals surface area contributed by atoms with Crippen LogP contribution in [0.2, 0.25) is 0 Å². The molecule has 0 saturated heterocycles. The molecule has 6 aromatic rings. The maximum Gasteiger partial charge on any atom is 0.160 e. The summed E-state index contributed by atoms with van der Waals surface area (Å²) < 4.78 is 0. The van der Waals surface area contributed by atoms with Crippen LogP contribution in [0.5, 0.6) is 0 Å². The number of hydrogen-bond donors (Lipinski definition) is 0. The number of aryl methyl sites for hydroxylation is 1. The maximum absolute atomic E-state index is 5.14. The van der Waals surface area contributed by atoms with Gasteiger partial charge in [-0.15, -0.1) is 0 Å². The lowest BCUT2D eigenvalue weighted by Crippen LogP contribution is -2.34. The number of rotatable bonds is 2. The molecule has 5 aromatic carbocycles. The minimum atomic E-state index is -0.376. The van der Waals surface area contributed by atoms with Crippen LogP contribution < -0.4 is 0 Å². The number of fused-ring (bicyclic) bond motifs is 9. The van der Waals surface area contributed by atoms with Crippen molar-refractivity contribution in [1.82, 2.24) is 9.97 Å². The lowest BCUT2D eigenvalue weighted by molar-refractivity contribution is 0.722. The highest BCUT2D eigenvalue weighted by atomic mass is 14.9. The van der Waals surface area contributed by atoms with E-state index in [1.165, 1.54) is 44.5 Å². The molecule has 0 fully saturated rings. The van der Waals surface area contributed by atoms with Crippen molar-refractivity contribution >= 4 is 0 Å². The smallest absolute Gasteiger partial charge is 0.160 e. The lowest BCUT2D eigenvalue weighted by Gasteiger charge is -2.40. The van der Waals surface area contributed by atoms with Crippen LogP contribution in [0.15, 0.2) is 127 Å². The van der Waals surface area contributed by atoms with Gasteiger partial charge in [0.15, 0.2) is 5.82 Å². The standard InChI is InChI=1S/C37H26N2/c1-24-22-34(25-12-3-2-4-13-25)39-36(38-24)29-17-11-21-33-35(29)28-16-7-10-20-32(28)37(33)30-18-8-5-14-26(30)23-27-15-6-9-19-31(27)37/h2-22H,23H2,1H3. The van der Waals surface area contributed by atoms with Crippen LogP contribution in [-0.4, -0.2) is 9.97 Å². The summed E-state index contributed by atoms with van der Waals surface area (Å²) in [6.07, 6.45) is 0.951. The molecule has 2 aliphatic carbocycles. The fraction of sp³-hybridized carbons (Fsp3) is 0.0811. The van der Waals surface area contributed by atoms with Gasteiger partial charge in [-0.2, -0.15) is 0 Å². The molecular formula is C37H26N2. The fourth-order valence-corrected chi connectivity index (χ4v) is 6.97. The first-order valence-electron chi connectivity index (χ1n) is 13.6. The summed E-state index contributed by atoms with van der Waals surface area (Å²) in [5, 5.41) is 0. The maximum atomic E-state index is 5.14. The van der Waals surface area contributed by atoms with Gasteiger partial charge in [-0.05, 0) is 63.9 Å².